The normalized spacial score (nSPS) is 27.8. The van der Waals surface area contributed by atoms with E-state index in [4.69, 9.17) is 10.8 Å². The smallest absolute Gasteiger partial charge is 0.325 e. The van der Waals surface area contributed by atoms with Crippen LogP contribution in [-0.2, 0) is 14.6 Å². The number of hydrogen-bond acceptors (Lipinski definition) is 4. The molecule has 0 saturated heterocycles. The highest BCUT2D eigenvalue weighted by Gasteiger charge is 2.64. The van der Waals surface area contributed by atoms with Crippen molar-refractivity contribution in [1.82, 2.24) is 0 Å². The quantitative estimate of drug-likeness (QED) is 0.810. The van der Waals surface area contributed by atoms with Gasteiger partial charge in [0.05, 0.1) is 10.1 Å². The summed E-state index contributed by atoms with van der Waals surface area (Å²) in [5.41, 5.74) is 4.83. The Bertz CT molecular complexity index is 564. The Morgan fingerprint density at radius 1 is 1.41 bits per heavy atom. The first-order valence-electron chi connectivity index (χ1n) is 5.11. The van der Waals surface area contributed by atoms with Crippen LogP contribution in [0.25, 0.3) is 0 Å². The fraction of sp³-hybridized carbons (Fsp3) is 0.364. The maximum atomic E-state index is 12.1. The third-order valence-corrected chi connectivity index (χ3v) is 5.33. The molecule has 1 aliphatic carbocycles. The Hall–Kier alpha value is -1.40. The fourth-order valence-corrected chi connectivity index (χ4v) is 3.75. The monoisotopic (exact) mass is 255 g/mol. The number of benzene rings is 1. The summed E-state index contributed by atoms with van der Waals surface area (Å²) in [4.78, 5) is 11.0. The Morgan fingerprint density at radius 3 is 2.35 bits per heavy atom. The predicted molar refractivity (Wildman–Crippen MR) is 61.3 cm³/mol. The number of aryl methyl sites for hydroxylation is 1. The van der Waals surface area contributed by atoms with E-state index < -0.39 is 26.6 Å². The van der Waals surface area contributed by atoms with Gasteiger partial charge < -0.3 is 10.8 Å². The molecule has 0 aromatic heterocycles. The fourth-order valence-electron chi connectivity index (χ4n) is 1.75. The molecular weight excluding hydrogens is 242 g/mol. The number of carboxylic acid groups (broad SMARTS) is 1. The SMILES string of the molecule is Cc1ccc(S(=O)(=O)[C@H]2C[C@@]2(N)C(=O)O)cc1. The van der Waals surface area contributed by atoms with Gasteiger partial charge in [-0.25, -0.2) is 8.42 Å². The molecule has 0 unspecified atom stereocenters. The molecule has 17 heavy (non-hydrogen) atoms. The second-order valence-corrected chi connectivity index (χ2v) is 6.53. The van der Waals surface area contributed by atoms with Crippen LogP contribution in [0.1, 0.15) is 12.0 Å². The first kappa shape index (κ1) is 12.1. The molecule has 2 rings (SSSR count). The average molecular weight is 255 g/mol. The summed E-state index contributed by atoms with van der Waals surface area (Å²) in [6, 6.07) is 6.30. The summed E-state index contributed by atoms with van der Waals surface area (Å²) >= 11 is 0. The molecule has 5 nitrogen and oxygen atoms in total. The van der Waals surface area contributed by atoms with E-state index in [2.05, 4.69) is 0 Å². The van der Waals surface area contributed by atoms with Crippen molar-refractivity contribution in [1.29, 1.82) is 0 Å². The molecule has 3 N–H and O–H groups in total. The zero-order chi connectivity index (χ0) is 12.8. The molecule has 1 aromatic carbocycles. The summed E-state index contributed by atoms with van der Waals surface area (Å²) < 4.78 is 24.2. The second-order valence-electron chi connectivity index (χ2n) is 4.40. The van der Waals surface area contributed by atoms with Crippen LogP contribution in [0.3, 0.4) is 0 Å². The highest BCUT2D eigenvalue weighted by atomic mass is 32.2. The molecule has 0 amide bonds. The van der Waals surface area contributed by atoms with Crippen LogP contribution >= 0.6 is 0 Å². The summed E-state index contributed by atoms with van der Waals surface area (Å²) in [5, 5.41) is 7.83. The van der Waals surface area contributed by atoms with Crippen molar-refractivity contribution in [2.24, 2.45) is 5.73 Å². The molecular formula is C11H13NO4S. The van der Waals surface area contributed by atoms with E-state index >= 15 is 0 Å². The Labute approximate surface area is 99.2 Å². The van der Waals surface area contributed by atoms with Gasteiger partial charge in [0.25, 0.3) is 0 Å². The Kier molecular flexibility index (Phi) is 2.52. The minimum absolute atomic E-state index is 0.0292. The molecule has 0 aliphatic heterocycles. The minimum atomic E-state index is -3.64. The van der Waals surface area contributed by atoms with Crippen molar-refractivity contribution in [3.63, 3.8) is 0 Å². The Morgan fingerprint density at radius 2 is 1.94 bits per heavy atom. The maximum absolute atomic E-state index is 12.1. The third-order valence-electron chi connectivity index (χ3n) is 3.06. The molecule has 0 bridgehead atoms. The summed E-state index contributed by atoms with van der Waals surface area (Å²) in [5.74, 6) is -1.27. The molecule has 1 saturated carbocycles. The van der Waals surface area contributed by atoms with Crippen LogP contribution in [0.5, 0.6) is 0 Å². The van der Waals surface area contributed by atoms with Crippen LogP contribution in [0, 0.1) is 6.92 Å². The zero-order valence-corrected chi connectivity index (χ0v) is 10.1. The molecule has 1 aromatic rings. The number of nitrogens with two attached hydrogens (primary N) is 1. The summed E-state index contributed by atoms with van der Waals surface area (Å²) in [7, 11) is -3.64. The first-order chi connectivity index (χ1) is 7.78. The van der Waals surface area contributed by atoms with E-state index in [-0.39, 0.29) is 11.3 Å². The molecule has 1 aliphatic rings. The topological polar surface area (TPSA) is 97.5 Å². The average Bonchev–Trinajstić information content (AvgIpc) is 2.94. The number of sulfone groups is 1. The van der Waals surface area contributed by atoms with Crippen LogP contribution in [0.2, 0.25) is 0 Å². The molecule has 92 valence electrons. The maximum Gasteiger partial charge on any atom is 0.325 e. The van der Waals surface area contributed by atoms with Crippen LogP contribution < -0.4 is 5.73 Å². The lowest BCUT2D eigenvalue weighted by molar-refractivity contribution is -0.139. The van der Waals surface area contributed by atoms with Crippen LogP contribution in [-0.4, -0.2) is 30.3 Å². The third kappa shape index (κ3) is 1.83. The highest BCUT2D eigenvalue weighted by molar-refractivity contribution is 7.92. The van der Waals surface area contributed by atoms with E-state index in [1.807, 2.05) is 6.92 Å². The van der Waals surface area contributed by atoms with Gasteiger partial charge >= 0.3 is 5.97 Å². The summed E-state index contributed by atoms with van der Waals surface area (Å²) in [6.45, 7) is 1.85. The lowest BCUT2D eigenvalue weighted by atomic mass is 10.2. The van der Waals surface area contributed by atoms with Gasteiger partial charge in [0.1, 0.15) is 5.54 Å². The van der Waals surface area contributed by atoms with Gasteiger partial charge in [-0.3, -0.25) is 4.79 Å². The van der Waals surface area contributed by atoms with Crippen molar-refractivity contribution >= 4 is 15.8 Å². The van der Waals surface area contributed by atoms with Crippen molar-refractivity contribution < 1.29 is 18.3 Å². The lowest BCUT2D eigenvalue weighted by Crippen LogP contribution is -2.38. The van der Waals surface area contributed by atoms with Crippen LogP contribution in [0.15, 0.2) is 29.2 Å². The van der Waals surface area contributed by atoms with E-state index in [0.717, 1.165) is 5.56 Å². The number of carbonyl (C=O) groups is 1. The van der Waals surface area contributed by atoms with Gasteiger partial charge in [-0.2, -0.15) is 0 Å². The Balaban J connectivity index is 2.34. The van der Waals surface area contributed by atoms with Gasteiger partial charge in [-0.15, -0.1) is 0 Å². The van der Waals surface area contributed by atoms with Crippen molar-refractivity contribution in [2.75, 3.05) is 0 Å². The van der Waals surface area contributed by atoms with E-state index in [1.54, 1.807) is 12.1 Å². The van der Waals surface area contributed by atoms with E-state index in [0.29, 0.717) is 0 Å². The highest BCUT2D eigenvalue weighted by Crippen LogP contribution is 2.42. The van der Waals surface area contributed by atoms with Gasteiger partial charge in [0.2, 0.25) is 0 Å². The molecule has 0 spiro atoms. The first-order valence-corrected chi connectivity index (χ1v) is 6.66. The molecule has 0 radical (unpaired) electrons. The number of hydrogen-bond donors (Lipinski definition) is 2. The van der Waals surface area contributed by atoms with Gasteiger partial charge in [0.15, 0.2) is 9.84 Å². The van der Waals surface area contributed by atoms with Crippen molar-refractivity contribution in [2.45, 2.75) is 29.0 Å². The molecule has 6 heteroatoms. The van der Waals surface area contributed by atoms with Crippen molar-refractivity contribution in [3.8, 4) is 0 Å². The van der Waals surface area contributed by atoms with Crippen LogP contribution in [0.4, 0.5) is 0 Å². The number of aliphatic carboxylic acids is 1. The van der Waals surface area contributed by atoms with E-state index in [9.17, 15) is 13.2 Å². The minimum Gasteiger partial charge on any atom is -0.480 e. The molecule has 0 heterocycles. The standard InChI is InChI=1S/C11H13NO4S/c1-7-2-4-8(5-3-7)17(15,16)9-6-11(9,12)10(13)14/h2-5,9H,6,12H2,1H3,(H,13,14)/t9-,11-/m0/s1. The van der Waals surface area contributed by atoms with Gasteiger partial charge in [-0.1, -0.05) is 17.7 Å². The van der Waals surface area contributed by atoms with E-state index in [1.165, 1.54) is 12.1 Å². The molecule has 2 atom stereocenters. The zero-order valence-electron chi connectivity index (χ0n) is 9.25. The van der Waals surface area contributed by atoms with Gasteiger partial charge in [0, 0.05) is 0 Å². The van der Waals surface area contributed by atoms with Crippen molar-refractivity contribution in [3.05, 3.63) is 29.8 Å². The lowest BCUT2D eigenvalue weighted by Gasteiger charge is -2.07. The summed E-state index contributed by atoms with van der Waals surface area (Å²) in [6.07, 6.45) is -0.0292. The second kappa shape index (κ2) is 3.54. The largest absolute Gasteiger partial charge is 0.480 e. The predicted octanol–water partition coefficient (Wildman–Crippen LogP) is 0.323. The molecule has 1 fully saturated rings. The number of rotatable bonds is 3. The van der Waals surface area contributed by atoms with Gasteiger partial charge in [-0.05, 0) is 25.5 Å². The number of carboxylic acids is 1.